The van der Waals surface area contributed by atoms with Crippen molar-refractivity contribution >= 4 is 17.3 Å². The maximum Gasteiger partial charge on any atom is 0.224 e. The predicted molar refractivity (Wildman–Crippen MR) is 104 cm³/mol. The van der Waals surface area contributed by atoms with Crippen LogP contribution in [0.15, 0.2) is 42.5 Å². The normalized spacial score (nSPS) is 13.5. The number of ether oxygens (including phenoxy) is 2. The highest BCUT2D eigenvalue weighted by molar-refractivity contribution is 5.94. The van der Waals surface area contributed by atoms with Crippen LogP contribution >= 0.6 is 0 Å². The number of nitrogens with one attached hydrogen (secondary N) is 1. The summed E-state index contributed by atoms with van der Waals surface area (Å²) in [5.41, 5.74) is 3.06. The SMILES string of the molecule is COc1ccc(CCC(=O)Nc2ccccc2N2CCCC2)cc1OC. The zero-order valence-corrected chi connectivity index (χ0v) is 15.5. The fourth-order valence-corrected chi connectivity index (χ4v) is 3.32. The third-order valence-electron chi connectivity index (χ3n) is 4.71. The summed E-state index contributed by atoms with van der Waals surface area (Å²) in [7, 11) is 3.23. The van der Waals surface area contributed by atoms with Crippen LogP contribution in [0.25, 0.3) is 0 Å². The Morgan fingerprint density at radius 3 is 2.50 bits per heavy atom. The molecule has 1 fully saturated rings. The number of hydrogen-bond acceptors (Lipinski definition) is 4. The molecule has 0 unspecified atom stereocenters. The quantitative estimate of drug-likeness (QED) is 0.820. The van der Waals surface area contributed by atoms with Crippen LogP contribution in [0.5, 0.6) is 11.5 Å². The molecule has 0 radical (unpaired) electrons. The van der Waals surface area contributed by atoms with Gasteiger partial charge in [0.15, 0.2) is 11.5 Å². The number of benzene rings is 2. The lowest BCUT2D eigenvalue weighted by molar-refractivity contribution is -0.116. The molecule has 2 aromatic rings. The maximum atomic E-state index is 12.4. The van der Waals surface area contributed by atoms with E-state index in [9.17, 15) is 4.79 Å². The van der Waals surface area contributed by atoms with E-state index in [2.05, 4.69) is 16.3 Å². The van der Waals surface area contributed by atoms with Crippen LogP contribution in [0.3, 0.4) is 0 Å². The number of amides is 1. The minimum atomic E-state index is 0.0198. The third-order valence-corrected chi connectivity index (χ3v) is 4.71. The van der Waals surface area contributed by atoms with Crippen LogP contribution in [-0.4, -0.2) is 33.2 Å². The van der Waals surface area contributed by atoms with Gasteiger partial charge >= 0.3 is 0 Å². The number of carbonyl (C=O) groups is 1. The molecular formula is C21H26N2O3. The van der Waals surface area contributed by atoms with E-state index in [-0.39, 0.29) is 5.91 Å². The highest BCUT2D eigenvalue weighted by atomic mass is 16.5. The molecule has 0 saturated carbocycles. The van der Waals surface area contributed by atoms with Crippen molar-refractivity contribution in [3.63, 3.8) is 0 Å². The van der Waals surface area contributed by atoms with Gasteiger partial charge in [-0.05, 0) is 49.1 Å². The summed E-state index contributed by atoms with van der Waals surface area (Å²) in [4.78, 5) is 14.8. The van der Waals surface area contributed by atoms with Crippen LogP contribution in [0.4, 0.5) is 11.4 Å². The number of rotatable bonds is 7. The molecule has 26 heavy (non-hydrogen) atoms. The molecule has 2 aromatic carbocycles. The predicted octanol–water partition coefficient (Wildman–Crippen LogP) is 3.88. The van der Waals surface area contributed by atoms with Crippen molar-refractivity contribution in [3.8, 4) is 11.5 Å². The molecule has 1 amide bonds. The first-order valence-corrected chi connectivity index (χ1v) is 9.06. The van der Waals surface area contributed by atoms with E-state index in [1.54, 1.807) is 14.2 Å². The van der Waals surface area contributed by atoms with E-state index in [0.717, 1.165) is 30.0 Å². The lowest BCUT2D eigenvalue weighted by Crippen LogP contribution is -2.21. The first-order valence-electron chi connectivity index (χ1n) is 9.06. The monoisotopic (exact) mass is 354 g/mol. The second-order valence-corrected chi connectivity index (χ2v) is 6.45. The van der Waals surface area contributed by atoms with E-state index in [4.69, 9.17) is 9.47 Å². The number of nitrogens with zero attached hydrogens (tertiary/aromatic N) is 1. The van der Waals surface area contributed by atoms with Gasteiger partial charge in [0.2, 0.25) is 5.91 Å². The average molecular weight is 354 g/mol. The standard InChI is InChI=1S/C21H26N2O3/c1-25-19-11-9-16(15-20(19)26-2)10-12-21(24)22-17-7-3-4-8-18(17)23-13-5-6-14-23/h3-4,7-9,11,15H,5-6,10,12-14H2,1-2H3,(H,22,24). The molecule has 5 heteroatoms. The average Bonchev–Trinajstić information content (AvgIpc) is 3.21. The van der Waals surface area contributed by atoms with Crippen molar-refractivity contribution in [2.75, 3.05) is 37.5 Å². The molecule has 138 valence electrons. The van der Waals surface area contributed by atoms with Gasteiger partial charge in [0.05, 0.1) is 25.6 Å². The lowest BCUT2D eigenvalue weighted by Gasteiger charge is -2.21. The summed E-state index contributed by atoms with van der Waals surface area (Å²) in [5, 5.41) is 3.07. The van der Waals surface area contributed by atoms with E-state index >= 15 is 0 Å². The number of methoxy groups -OCH3 is 2. The molecule has 1 N–H and O–H groups in total. The van der Waals surface area contributed by atoms with Gasteiger partial charge in [0.1, 0.15) is 0 Å². The van der Waals surface area contributed by atoms with Gasteiger partial charge in [-0.2, -0.15) is 0 Å². The van der Waals surface area contributed by atoms with Gasteiger partial charge in [-0.3, -0.25) is 4.79 Å². The highest BCUT2D eigenvalue weighted by Crippen LogP contribution is 2.30. The number of hydrogen-bond donors (Lipinski definition) is 1. The topological polar surface area (TPSA) is 50.8 Å². The van der Waals surface area contributed by atoms with E-state index in [0.29, 0.717) is 24.3 Å². The first kappa shape index (κ1) is 18.1. The summed E-state index contributed by atoms with van der Waals surface area (Å²) in [6.45, 7) is 2.11. The molecule has 1 aliphatic heterocycles. The van der Waals surface area contributed by atoms with E-state index in [1.807, 2.05) is 36.4 Å². The molecule has 0 atom stereocenters. The van der Waals surface area contributed by atoms with Crippen LogP contribution in [0.1, 0.15) is 24.8 Å². The summed E-state index contributed by atoms with van der Waals surface area (Å²) < 4.78 is 10.6. The van der Waals surface area contributed by atoms with Crippen LogP contribution in [0.2, 0.25) is 0 Å². The van der Waals surface area contributed by atoms with Crippen molar-refractivity contribution in [2.24, 2.45) is 0 Å². The Balaban J connectivity index is 1.61. The second kappa shape index (κ2) is 8.61. The van der Waals surface area contributed by atoms with Crippen molar-refractivity contribution in [3.05, 3.63) is 48.0 Å². The number of carbonyl (C=O) groups excluding carboxylic acids is 1. The molecule has 0 aromatic heterocycles. The van der Waals surface area contributed by atoms with Gasteiger partial charge in [-0.1, -0.05) is 18.2 Å². The van der Waals surface area contributed by atoms with Crippen molar-refractivity contribution in [1.82, 2.24) is 0 Å². The Kier molecular flexibility index (Phi) is 6.00. The highest BCUT2D eigenvalue weighted by Gasteiger charge is 2.16. The zero-order chi connectivity index (χ0) is 18.4. The Bertz CT molecular complexity index is 755. The van der Waals surface area contributed by atoms with Gasteiger partial charge < -0.3 is 19.7 Å². The molecular weight excluding hydrogens is 328 g/mol. The van der Waals surface area contributed by atoms with Gasteiger partial charge in [0.25, 0.3) is 0 Å². The Labute approximate surface area is 154 Å². The summed E-state index contributed by atoms with van der Waals surface area (Å²) in [5.74, 6) is 1.40. The number of aryl methyl sites for hydroxylation is 1. The lowest BCUT2D eigenvalue weighted by atomic mass is 10.1. The molecule has 5 nitrogen and oxygen atoms in total. The fourth-order valence-electron chi connectivity index (χ4n) is 3.32. The molecule has 1 heterocycles. The second-order valence-electron chi connectivity index (χ2n) is 6.45. The van der Waals surface area contributed by atoms with E-state index in [1.165, 1.54) is 12.8 Å². The van der Waals surface area contributed by atoms with Gasteiger partial charge in [-0.15, -0.1) is 0 Å². The maximum absolute atomic E-state index is 12.4. The smallest absolute Gasteiger partial charge is 0.224 e. The molecule has 0 bridgehead atoms. The van der Waals surface area contributed by atoms with Crippen LogP contribution in [-0.2, 0) is 11.2 Å². The number of para-hydroxylation sites is 2. The largest absolute Gasteiger partial charge is 0.493 e. The Morgan fingerprint density at radius 1 is 1.04 bits per heavy atom. The van der Waals surface area contributed by atoms with Crippen LogP contribution in [0, 0.1) is 0 Å². The third kappa shape index (κ3) is 4.28. The minimum Gasteiger partial charge on any atom is -0.493 e. The molecule has 0 aliphatic carbocycles. The van der Waals surface area contributed by atoms with Gasteiger partial charge in [0, 0.05) is 19.5 Å². The van der Waals surface area contributed by atoms with Crippen molar-refractivity contribution < 1.29 is 14.3 Å². The first-order chi connectivity index (χ1) is 12.7. The summed E-state index contributed by atoms with van der Waals surface area (Å²) >= 11 is 0. The molecule has 0 spiro atoms. The Hall–Kier alpha value is -2.69. The van der Waals surface area contributed by atoms with Crippen LogP contribution < -0.4 is 19.7 Å². The molecule has 1 saturated heterocycles. The fraction of sp³-hybridized carbons (Fsp3) is 0.381. The van der Waals surface area contributed by atoms with Crippen molar-refractivity contribution in [2.45, 2.75) is 25.7 Å². The number of anilines is 2. The minimum absolute atomic E-state index is 0.0198. The van der Waals surface area contributed by atoms with Crippen molar-refractivity contribution in [1.29, 1.82) is 0 Å². The summed E-state index contributed by atoms with van der Waals surface area (Å²) in [6.07, 6.45) is 3.49. The zero-order valence-electron chi connectivity index (χ0n) is 15.5. The summed E-state index contributed by atoms with van der Waals surface area (Å²) in [6, 6.07) is 13.8. The van der Waals surface area contributed by atoms with E-state index < -0.39 is 0 Å². The Morgan fingerprint density at radius 2 is 1.77 bits per heavy atom. The molecule has 3 rings (SSSR count). The van der Waals surface area contributed by atoms with Gasteiger partial charge in [-0.25, -0.2) is 0 Å². The molecule has 1 aliphatic rings.